The normalized spacial score (nSPS) is 17.5. The molecule has 0 bridgehead atoms. The number of carbonyl (C=O) groups is 1. The van der Waals surface area contributed by atoms with E-state index in [1.807, 2.05) is 12.1 Å². The molecule has 0 saturated heterocycles. The van der Waals surface area contributed by atoms with E-state index in [4.69, 9.17) is 5.73 Å². The van der Waals surface area contributed by atoms with E-state index in [1.54, 1.807) is 0 Å². The van der Waals surface area contributed by atoms with Gasteiger partial charge in [-0.15, -0.1) is 12.4 Å². The number of anilines is 1. The van der Waals surface area contributed by atoms with Crippen LogP contribution in [0.4, 0.5) is 5.69 Å². The number of aryl methyl sites for hydroxylation is 1. The highest BCUT2D eigenvalue weighted by molar-refractivity contribution is 5.85. The van der Waals surface area contributed by atoms with Crippen LogP contribution in [-0.4, -0.2) is 5.91 Å². The molecule has 0 aliphatic heterocycles. The van der Waals surface area contributed by atoms with Gasteiger partial charge in [0.15, 0.2) is 0 Å². The average Bonchev–Trinajstić information content (AvgIpc) is 2.27. The van der Waals surface area contributed by atoms with Crippen molar-refractivity contribution in [2.45, 2.75) is 45.6 Å². The van der Waals surface area contributed by atoms with Gasteiger partial charge in [-0.2, -0.15) is 0 Å². The Morgan fingerprint density at radius 2 is 2.21 bits per heavy atom. The van der Waals surface area contributed by atoms with Gasteiger partial charge in [-0.1, -0.05) is 19.9 Å². The highest BCUT2D eigenvalue weighted by Gasteiger charge is 2.21. The Balaban J connectivity index is 0.00000180. The molecule has 0 fully saturated rings. The first-order valence-electron chi connectivity index (χ1n) is 6.74. The SMILES string of the molecule is CC(C)CC(=O)NC1CCCc2cc(N)ccc21.Cl. The number of fused-ring (bicyclic) bond motifs is 1. The molecule has 4 heteroatoms. The molecule has 0 heterocycles. The van der Waals surface area contributed by atoms with Gasteiger partial charge in [0.25, 0.3) is 0 Å². The Labute approximate surface area is 121 Å². The zero-order valence-electron chi connectivity index (χ0n) is 11.6. The van der Waals surface area contributed by atoms with E-state index in [-0.39, 0.29) is 24.4 Å². The maximum Gasteiger partial charge on any atom is 0.220 e. The summed E-state index contributed by atoms with van der Waals surface area (Å²) in [6, 6.07) is 6.19. The van der Waals surface area contributed by atoms with E-state index >= 15 is 0 Å². The molecule has 2 rings (SSSR count). The van der Waals surface area contributed by atoms with Gasteiger partial charge in [-0.25, -0.2) is 0 Å². The molecule has 106 valence electrons. The zero-order valence-corrected chi connectivity index (χ0v) is 12.4. The predicted molar refractivity (Wildman–Crippen MR) is 81.4 cm³/mol. The quantitative estimate of drug-likeness (QED) is 0.836. The standard InChI is InChI=1S/C15H22N2O.ClH/c1-10(2)8-15(18)17-14-5-3-4-11-9-12(16)6-7-13(11)14;/h6-7,9-10,14H,3-5,8,16H2,1-2H3,(H,17,18);1H. The van der Waals surface area contributed by atoms with Crippen LogP contribution in [0.2, 0.25) is 0 Å². The van der Waals surface area contributed by atoms with Crippen LogP contribution in [0.5, 0.6) is 0 Å². The van der Waals surface area contributed by atoms with Crippen molar-refractivity contribution in [3.05, 3.63) is 29.3 Å². The van der Waals surface area contributed by atoms with Gasteiger partial charge in [0, 0.05) is 12.1 Å². The van der Waals surface area contributed by atoms with Crippen molar-refractivity contribution in [1.82, 2.24) is 5.32 Å². The topological polar surface area (TPSA) is 55.1 Å². The van der Waals surface area contributed by atoms with Crippen molar-refractivity contribution >= 4 is 24.0 Å². The lowest BCUT2D eigenvalue weighted by molar-refractivity contribution is -0.122. The molecule has 19 heavy (non-hydrogen) atoms. The summed E-state index contributed by atoms with van der Waals surface area (Å²) in [5.41, 5.74) is 9.15. The van der Waals surface area contributed by atoms with E-state index in [0.29, 0.717) is 12.3 Å². The molecule has 0 spiro atoms. The summed E-state index contributed by atoms with van der Waals surface area (Å²) < 4.78 is 0. The number of benzene rings is 1. The van der Waals surface area contributed by atoms with Crippen LogP contribution in [0, 0.1) is 5.92 Å². The Morgan fingerprint density at radius 3 is 2.89 bits per heavy atom. The summed E-state index contributed by atoms with van der Waals surface area (Å²) in [4.78, 5) is 11.9. The second kappa shape index (κ2) is 6.80. The molecule has 1 aromatic carbocycles. The summed E-state index contributed by atoms with van der Waals surface area (Å²) in [6.45, 7) is 4.13. The molecule has 1 atom stereocenters. The molecular weight excluding hydrogens is 260 g/mol. The van der Waals surface area contributed by atoms with E-state index in [9.17, 15) is 4.79 Å². The first-order chi connectivity index (χ1) is 8.56. The molecule has 3 N–H and O–H groups in total. The second-order valence-electron chi connectivity index (χ2n) is 5.57. The van der Waals surface area contributed by atoms with Gasteiger partial charge in [-0.3, -0.25) is 4.79 Å². The first kappa shape index (κ1) is 15.8. The molecular formula is C15H23ClN2O. The van der Waals surface area contributed by atoms with Gasteiger partial charge >= 0.3 is 0 Å². The fraction of sp³-hybridized carbons (Fsp3) is 0.533. The molecule has 1 aliphatic carbocycles. The smallest absolute Gasteiger partial charge is 0.220 e. The number of nitrogen functional groups attached to an aromatic ring is 1. The summed E-state index contributed by atoms with van der Waals surface area (Å²) in [7, 11) is 0. The van der Waals surface area contributed by atoms with Crippen LogP contribution in [0.3, 0.4) is 0 Å². The molecule has 3 nitrogen and oxygen atoms in total. The summed E-state index contributed by atoms with van der Waals surface area (Å²) in [5, 5.41) is 3.15. The maximum atomic E-state index is 11.9. The zero-order chi connectivity index (χ0) is 13.1. The highest BCUT2D eigenvalue weighted by Crippen LogP contribution is 2.31. The van der Waals surface area contributed by atoms with Gasteiger partial charge in [-0.05, 0) is 48.4 Å². The van der Waals surface area contributed by atoms with Crippen LogP contribution < -0.4 is 11.1 Å². The van der Waals surface area contributed by atoms with Crippen LogP contribution in [0.1, 0.15) is 50.3 Å². The van der Waals surface area contributed by atoms with Gasteiger partial charge in [0.2, 0.25) is 5.91 Å². The molecule has 1 unspecified atom stereocenters. The Morgan fingerprint density at radius 1 is 1.47 bits per heavy atom. The number of carbonyl (C=O) groups excluding carboxylic acids is 1. The largest absolute Gasteiger partial charge is 0.399 e. The van der Waals surface area contributed by atoms with Gasteiger partial charge in [0.1, 0.15) is 0 Å². The monoisotopic (exact) mass is 282 g/mol. The molecule has 0 saturated carbocycles. The number of hydrogen-bond acceptors (Lipinski definition) is 2. The summed E-state index contributed by atoms with van der Waals surface area (Å²) in [5.74, 6) is 0.555. The Kier molecular flexibility index (Phi) is 5.67. The Bertz CT molecular complexity index is 446. The minimum absolute atomic E-state index is 0. The molecule has 1 aliphatic rings. The van der Waals surface area contributed by atoms with Crippen LogP contribution >= 0.6 is 12.4 Å². The number of hydrogen-bond donors (Lipinski definition) is 2. The fourth-order valence-corrected chi connectivity index (χ4v) is 2.61. The lowest BCUT2D eigenvalue weighted by Crippen LogP contribution is -2.31. The molecule has 0 aromatic heterocycles. The summed E-state index contributed by atoms with van der Waals surface area (Å²) in [6.07, 6.45) is 3.81. The summed E-state index contributed by atoms with van der Waals surface area (Å²) >= 11 is 0. The minimum Gasteiger partial charge on any atom is -0.399 e. The first-order valence-corrected chi connectivity index (χ1v) is 6.74. The van der Waals surface area contributed by atoms with Crippen LogP contribution in [0.25, 0.3) is 0 Å². The van der Waals surface area contributed by atoms with Crippen molar-refractivity contribution < 1.29 is 4.79 Å². The van der Waals surface area contributed by atoms with Gasteiger partial charge < -0.3 is 11.1 Å². The highest BCUT2D eigenvalue weighted by atomic mass is 35.5. The number of nitrogens with one attached hydrogen (secondary N) is 1. The fourth-order valence-electron chi connectivity index (χ4n) is 2.61. The third-order valence-corrected chi connectivity index (χ3v) is 3.41. The molecule has 0 radical (unpaired) electrons. The van der Waals surface area contributed by atoms with Crippen molar-refractivity contribution in [3.63, 3.8) is 0 Å². The van der Waals surface area contributed by atoms with E-state index < -0.39 is 0 Å². The van der Waals surface area contributed by atoms with Crippen LogP contribution in [-0.2, 0) is 11.2 Å². The maximum absolute atomic E-state index is 11.9. The van der Waals surface area contributed by atoms with E-state index in [2.05, 4.69) is 25.2 Å². The average molecular weight is 283 g/mol. The van der Waals surface area contributed by atoms with E-state index in [0.717, 1.165) is 24.9 Å². The van der Waals surface area contributed by atoms with Crippen LogP contribution in [0.15, 0.2) is 18.2 Å². The predicted octanol–water partition coefficient (Wildman–Crippen LogP) is 3.23. The number of amides is 1. The molecule has 1 aromatic rings. The number of halogens is 1. The minimum atomic E-state index is 0. The Hall–Kier alpha value is -1.22. The number of rotatable bonds is 3. The lowest BCUT2D eigenvalue weighted by Gasteiger charge is -2.27. The second-order valence-corrected chi connectivity index (χ2v) is 5.57. The third-order valence-electron chi connectivity index (χ3n) is 3.41. The third kappa shape index (κ3) is 4.13. The van der Waals surface area contributed by atoms with Gasteiger partial charge in [0.05, 0.1) is 6.04 Å². The number of nitrogens with two attached hydrogens (primary N) is 1. The van der Waals surface area contributed by atoms with Crippen molar-refractivity contribution in [1.29, 1.82) is 0 Å². The van der Waals surface area contributed by atoms with Crippen molar-refractivity contribution in [2.75, 3.05) is 5.73 Å². The van der Waals surface area contributed by atoms with Crippen molar-refractivity contribution in [3.8, 4) is 0 Å². The molecule has 1 amide bonds. The van der Waals surface area contributed by atoms with E-state index in [1.165, 1.54) is 11.1 Å². The van der Waals surface area contributed by atoms with Crippen molar-refractivity contribution in [2.24, 2.45) is 5.92 Å². The lowest BCUT2D eigenvalue weighted by atomic mass is 9.87.